The number of carbonyl (C=O) groups is 2. The second kappa shape index (κ2) is 9.28. The van der Waals surface area contributed by atoms with E-state index in [1.807, 2.05) is 54.6 Å². The van der Waals surface area contributed by atoms with Gasteiger partial charge in [-0.3, -0.25) is 9.59 Å². The second-order valence-corrected chi connectivity index (χ2v) is 6.36. The number of hydrogen-bond acceptors (Lipinski definition) is 3. The number of benzene rings is 3. The molecule has 3 nitrogen and oxygen atoms in total. The van der Waals surface area contributed by atoms with Gasteiger partial charge in [0.15, 0.2) is 11.6 Å². The van der Waals surface area contributed by atoms with E-state index in [4.69, 9.17) is 0 Å². The summed E-state index contributed by atoms with van der Waals surface area (Å²) in [4.78, 5) is 23.9. The molecule has 0 saturated heterocycles. The highest BCUT2D eigenvalue weighted by atomic mass is 16.3. The van der Waals surface area contributed by atoms with Crippen LogP contribution in [0.4, 0.5) is 0 Å². The first-order valence-corrected chi connectivity index (χ1v) is 8.96. The van der Waals surface area contributed by atoms with Crippen LogP contribution in [0.1, 0.15) is 17.5 Å². The minimum absolute atomic E-state index is 0.167. The molecule has 1 N–H and O–H groups in total. The highest BCUT2D eigenvalue weighted by Gasteiger charge is 2.04. The van der Waals surface area contributed by atoms with Crippen LogP contribution in [0.2, 0.25) is 0 Å². The van der Waals surface area contributed by atoms with E-state index < -0.39 is 0 Å². The summed E-state index contributed by atoms with van der Waals surface area (Å²) in [7, 11) is 0. The van der Waals surface area contributed by atoms with Gasteiger partial charge in [-0.15, -0.1) is 0 Å². The molecule has 0 aromatic heterocycles. The van der Waals surface area contributed by atoms with Crippen molar-refractivity contribution in [2.75, 3.05) is 0 Å². The molecule has 3 rings (SSSR count). The van der Waals surface area contributed by atoms with Gasteiger partial charge in [0.2, 0.25) is 0 Å². The Morgan fingerprint density at radius 1 is 0.643 bits per heavy atom. The van der Waals surface area contributed by atoms with Crippen molar-refractivity contribution in [3.63, 3.8) is 0 Å². The van der Waals surface area contributed by atoms with Crippen molar-refractivity contribution in [1.29, 1.82) is 0 Å². The summed E-state index contributed by atoms with van der Waals surface area (Å²) in [5, 5.41) is 9.24. The lowest BCUT2D eigenvalue weighted by Gasteiger charge is -2.01. The highest BCUT2D eigenvalue weighted by Crippen LogP contribution is 2.19. The van der Waals surface area contributed by atoms with Crippen molar-refractivity contribution in [3.8, 4) is 16.9 Å². The largest absolute Gasteiger partial charge is 0.508 e. The Labute approximate surface area is 164 Å². The molecule has 0 unspecified atom stereocenters. The predicted octanol–water partition coefficient (Wildman–Crippen LogP) is 5.31. The molecular formula is C25H20O3. The fourth-order valence-corrected chi connectivity index (χ4v) is 2.67. The van der Waals surface area contributed by atoms with E-state index in [0.29, 0.717) is 0 Å². The van der Waals surface area contributed by atoms with E-state index in [1.54, 1.807) is 36.4 Å². The summed E-state index contributed by atoms with van der Waals surface area (Å²) in [5.41, 5.74) is 3.94. The van der Waals surface area contributed by atoms with Gasteiger partial charge >= 0.3 is 0 Å². The van der Waals surface area contributed by atoms with E-state index in [-0.39, 0.29) is 23.7 Å². The van der Waals surface area contributed by atoms with Crippen LogP contribution in [-0.2, 0) is 9.59 Å². The zero-order chi connectivity index (χ0) is 19.8. The molecule has 0 bridgehead atoms. The smallest absolute Gasteiger partial charge is 0.163 e. The molecule has 0 fully saturated rings. The summed E-state index contributed by atoms with van der Waals surface area (Å²) in [6.45, 7) is 0. The Morgan fingerprint density at radius 2 is 1.11 bits per heavy atom. The molecule has 0 heterocycles. The SMILES string of the molecule is O=C(/C=C/c1ccc(O)cc1)CC(=O)/C=C/c1ccc(-c2ccccc2)cc1. The van der Waals surface area contributed by atoms with Crippen LogP contribution in [0.15, 0.2) is 91.0 Å². The number of phenols is 1. The number of phenolic OH excluding ortho intramolecular Hbond substituents is 1. The van der Waals surface area contributed by atoms with Crippen LogP contribution in [-0.4, -0.2) is 16.7 Å². The Kier molecular flexibility index (Phi) is 6.32. The first kappa shape index (κ1) is 19.1. The van der Waals surface area contributed by atoms with Crippen LogP contribution in [0.25, 0.3) is 23.3 Å². The zero-order valence-corrected chi connectivity index (χ0v) is 15.3. The minimum atomic E-state index is -0.262. The van der Waals surface area contributed by atoms with Crippen molar-refractivity contribution >= 4 is 23.7 Å². The van der Waals surface area contributed by atoms with Gasteiger partial charge < -0.3 is 5.11 Å². The monoisotopic (exact) mass is 368 g/mol. The molecular weight excluding hydrogens is 348 g/mol. The average molecular weight is 368 g/mol. The third-order valence-corrected chi connectivity index (χ3v) is 4.18. The lowest BCUT2D eigenvalue weighted by Crippen LogP contribution is -2.01. The lowest BCUT2D eigenvalue weighted by molar-refractivity contribution is -0.121. The lowest BCUT2D eigenvalue weighted by atomic mass is 10.0. The quantitative estimate of drug-likeness (QED) is 0.454. The zero-order valence-electron chi connectivity index (χ0n) is 15.3. The van der Waals surface area contributed by atoms with Gasteiger partial charge in [0.1, 0.15) is 5.75 Å². The Hall–Kier alpha value is -3.72. The molecule has 3 aromatic carbocycles. The third kappa shape index (κ3) is 5.64. The van der Waals surface area contributed by atoms with Crippen LogP contribution in [0, 0.1) is 0 Å². The molecule has 3 heteroatoms. The van der Waals surface area contributed by atoms with Gasteiger partial charge in [-0.2, -0.15) is 0 Å². The second-order valence-electron chi connectivity index (χ2n) is 6.36. The van der Waals surface area contributed by atoms with Gasteiger partial charge in [-0.25, -0.2) is 0 Å². The van der Waals surface area contributed by atoms with Gasteiger partial charge in [0, 0.05) is 0 Å². The first-order chi connectivity index (χ1) is 13.6. The first-order valence-electron chi connectivity index (χ1n) is 8.96. The normalized spacial score (nSPS) is 11.1. The van der Waals surface area contributed by atoms with E-state index in [0.717, 1.165) is 22.3 Å². The van der Waals surface area contributed by atoms with Crippen molar-refractivity contribution in [3.05, 3.63) is 102 Å². The summed E-state index contributed by atoms with van der Waals surface area (Å²) >= 11 is 0. The van der Waals surface area contributed by atoms with Crippen molar-refractivity contribution in [2.24, 2.45) is 0 Å². The molecule has 0 amide bonds. The summed E-state index contributed by atoms with van der Waals surface area (Å²) in [6.07, 6.45) is 5.99. The maximum absolute atomic E-state index is 12.0. The third-order valence-electron chi connectivity index (χ3n) is 4.18. The number of rotatable bonds is 7. The molecule has 0 spiro atoms. The number of ketones is 2. The van der Waals surface area contributed by atoms with Gasteiger partial charge in [-0.05, 0) is 46.5 Å². The molecule has 0 saturated carbocycles. The minimum Gasteiger partial charge on any atom is -0.508 e. The molecule has 138 valence electrons. The maximum Gasteiger partial charge on any atom is 0.163 e. The number of aromatic hydroxyl groups is 1. The van der Waals surface area contributed by atoms with Gasteiger partial charge in [0.05, 0.1) is 6.42 Å². The number of allylic oxidation sites excluding steroid dienone is 2. The van der Waals surface area contributed by atoms with Gasteiger partial charge in [-0.1, -0.05) is 78.9 Å². The average Bonchev–Trinajstić information content (AvgIpc) is 2.73. The van der Waals surface area contributed by atoms with Crippen molar-refractivity contribution < 1.29 is 14.7 Å². The predicted molar refractivity (Wildman–Crippen MR) is 113 cm³/mol. The van der Waals surface area contributed by atoms with Crippen molar-refractivity contribution in [1.82, 2.24) is 0 Å². The Morgan fingerprint density at radius 3 is 1.64 bits per heavy atom. The van der Waals surface area contributed by atoms with E-state index in [2.05, 4.69) is 0 Å². The molecule has 0 aliphatic carbocycles. The van der Waals surface area contributed by atoms with E-state index >= 15 is 0 Å². The summed E-state index contributed by atoms with van der Waals surface area (Å²) < 4.78 is 0. The topological polar surface area (TPSA) is 54.4 Å². The van der Waals surface area contributed by atoms with Crippen molar-refractivity contribution in [2.45, 2.75) is 6.42 Å². The van der Waals surface area contributed by atoms with Crippen LogP contribution in [0.3, 0.4) is 0 Å². The fourth-order valence-electron chi connectivity index (χ4n) is 2.67. The van der Waals surface area contributed by atoms with E-state index in [9.17, 15) is 14.7 Å². The standard InChI is InChI=1S/C25H20O3/c26-23-14-8-20(9-15-23)11-17-25(28)18-24(27)16-10-19-6-12-22(13-7-19)21-4-2-1-3-5-21/h1-17,26H,18H2/b16-10+,17-11+. The number of carbonyl (C=O) groups excluding carboxylic acids is 2. The molecule has 0 aliphatic rings. The molecule has 0 atom stereocenters. The number of hydrogen-bond donors (Lipinski definition) is 1. The fraction of sp³-hybridized carbons (Fsp3) is 0.0400. The summed E-state index contributed by atoms with van der Waals surface area (Å²) in [6, 6.07) is 24.4. The highest BCUT2D eigenvalue weighted by molar-refractivity contribution is 6.10. The molecule has 3 aromatic rings. The molecule has 28 heavy (non-hydrogen) atoms. The summed E-state index contributed by atoms with van der Waals surface area (Å²) in [5.74, 6) is -0.338. The molecule has 0 radical (unpaired) electrons. The van der Waals surface area contributed by atoms with Gasteiger partial charge in [0.25, 0.3) is 0 Å². The Balaban J connectivity index is 1.54. The van der Waals surface area contributed by atoms with Crippen LogP contribution < -0.4 is 0 Å². The van der Waals surface area contributed by atoms with Crippen LogP contribution >= 0.6 is 0 Å². The Bertz CT molecular complexity index is 996. The molecule has 0 aliphatic heterocycles. The van der Waals surface area contributed by atoms with E-state index in [1.165, 1.54) is 12.2 Å². The van der Waals surface area contributed by atoms with Crippen LogP contribution in [0.5, 0.6) is 5.75 Å². The maximum atomic E-state index is 12.0.